The monoisotopic (exact) mass is 258 g/mol. The number of aliphatic hydroxyl groups is 1. The SMILES string of the molecule is CC(C)CC(C)(O)CNC(=O)CCC(C)CCN. The minimum Gasteiger partial charge on any atom is -0.388 e. The molecular weight excluding hydrogens is 228 g/mol. The minimum atomic E-state index is -0.813. The van der Waals surface area contributed by atoms with Gasteiger partial charge in [-0.05, 0) is 44.6 Å². The van der Waals surface area contributed by atoms with Gasteiger partial charge >= 0.3 is 0 Å². The van der Waals surface area contributed by atoms with Crippen molar-refractivity contribution in [3.05, 3.63) is 0 Å². The van der Waals surface area contributed by atoms with Crippen LogP contribution in [0.15, 0.2) is 0 Å². The van der Waals surface area contributed by atoms with Gasteiger partial charge in [-0.15, -0.1) is 0 Å². The Morgan fingerprint density at radius 2 is 1.94 bits per heavy atom. The van der Waals surface area contributed by atoms with Gasteiger partial charge in [-0.1, -0.05) is 20.8 Å². The molecule has 0 heterocycles. The molecule has 0 rings (SSSR count). The first-order chi connectivity index (χ1) is 8.26. The Bertz CT molecular complexity index is 240. The Morgan fingerprint density at radius 3 is 2.44 bits per heavy atom. The lowest BCUT2D eigenvalue weighted by Gasteiger charge is -2.25. The lowest BCUT2D eigenvalue weighted by Crippen LogP contribution is -2.41. The van der Waals surface area contributed by atoms with Gasteiger partial charge in [0, 0.05) is 13.0 Å². The lowest BCUT2D eigenvalue weighted by atomic mass is 9.94. The smallest absolute Gasteiger partial charge is 0.220 e. The number of rotatable bonds is 9. The normalized spacial score (nSPS) is 16.4. The van der Waals surface area contributed by atoms with Crippen LogP contribution in [0, 0.1) is 11.8 Å². The van der Waals surface area contributed by atoms with Crippen LogP contribution < -0.4 is 11.1 Å². The second kappa shape index (κ2) is 8.48. The zero-order valence-corrected chi connectivity index (χ0v) is 12.3. The maximum Gasteiger partial charge on any atom is 0.220 e. The molecule has 0 aliphatic carbocycles. The Labute approximate surface area is 111 Å². The molecule has 0 fully saturated rings. The molecule has 0 aromatic heterocycles. The maximum absolute atomic E-state index is 11.6. The molecule has 0 aromatic carbocycles. The predicted molar refractivity (Wildman–Crippen MR) is 75.2 cm³/mol. The molecule has 4 nitrogen and oxygen atoms in total. The Hall–Kier alpha value is -0.610. The fourth-order valence-electron chi connectivity index (χ4n) is 2.14. The van der Waals surface area contributed by atoms with E-state index in [0.29, 0.717) is 37.8 Å². The van der Waals surface area contributed by atoms with Crippen LogP contribution in [-0.2, 0) is 4.79 Å². The van der Waals surface area contributed by atoms with Gasteiger partial charge < -0.3 is 16.2 Å². The van der Waals surface area contributed by atoms with Crippen LogP contribution in [0.4, 0.5) is 0 Å². The highest BCUT2D eigenvalue weighted by molar-refractivity contribution is 5.75. The molecule has 108 valence electrons. The molecule has 2 atom stereocenters. The highest BCUT2D eigenvalue weighted by atomic mass is 16.3. The largest absolute Gasteiger partial charge is 0.388 e. The molecule has 0 radical (unpaired) electrons. The Morgan fingerprint density at radius 1 is 1.33 bits per heavy atom. The first-order valence-corrected chi connectivity index (χ1v) is 6.96. The topological polar surface area (TPSA) is 75.3 Å². The first kappa shape index (κ1) is 17.4. The van der Waals surface area contributed by atoms with Crippen molar-refractivity contribution in [3.63, 3.8) is 0 Å². The van der Waals surface area contributed by atoms with Crippen LogP contribution >= 0.6 is 0 Å². The fourth-order valence-corrected chi connectivity index (χ4v) is 2.14. The van der Waals surface area contributed by atoms with Crippen molar-refractivity contribution in [3.8, 4) is 0 Å². The lowest BCUT2D eigenvalue weighted by molar-refractivity contribution is -0.122. The van der Waals surface area contributed by atoms with Crippen LogP contribution in [-0.4, -0.2) is 29.7 Å². The van der Waals surface area contributed by atoms with Gasteiger partial charge in [-0.2, -0.15) is 0 Å². The van der Waals surface area contributed by atoms with E-state index in [2.05, 4.69) is 26.1 Å². The second-order valence-electron chi connectivity index (χ2n) is 6.09. The number of hydrogen-bond donors (Lipinski definition) is 3. The van der Waals surface area contributed by atoms with Crippen molar-refractivity contribution < 1.29 is 9.90 Å². The van der Waals surface area contributed by atoms with Gasteiger partial charge in [0.05, 0.1) is 5.60 Å². The van der Waals surface area contributed by atoms with Crippen molar-refractivity contribution in [1.82, 2.24) is 5.32 Å². The van der Waals surface area contributed by atoms with Crippen LogP contribution in [0.5, 0.6) is 0 Å². The fraction of sp³-hybridized carbons (Fsp3) is 0.929. The van der Waals surface area contributed by atoms with Gasteiger partial charge in [0.2, 0.25) is 5.91 Å². The second-order valence-corrected chi connectivity index (χ2v) is 6.09. The third-order valence-electron chi connectivity index (χ3n) is 3.04. The minimum absolute atomic E-state index is 0.0166. The van der Waals surface area contributed by atoms with Crippen molar-refractivity contribution in [2.45, 2.75) is 59.0 Å². The summed E-state index contributed by atoms with van der Waals surface area (Å²) in [5, 5.41) is 12.9. The average molecular weight is 258 g/mol. The van der Waals surface area contributed by atoms with Crippen molar-refractivity contribution >= 4 is 5.91 Å². The van der Waals surface area contributed by atoms with Crippen molar-refractivity contribution in [1.29, 1.82) is 0 Å². The summed E-state index contributed by atoms with van der Waals surface area (Å²) in [6.45, 7) is 9.00. The maximum atomic E-state index is 11.6. The third kappa shape index (κ3) is 9.42. The summed E-state index contributed by atoms with van der Waals surface area (Å²) in [5.41, 5.74) is 4.65. The van der Waals surface area contributed by atoms with E-state index in [9.17, 15) is 9.90 Å². The Kier molecular flexibility index (Phi) is 8.20. The summed E-state index contributed by atoms with van der Waals surface area (Å²) in [5.74, 6) is 0.918. The summed E-state index contributed by atoms with van der Waals surface area (Å²) in [4.78, 5) is 11.6. The van der Waals surface area contributed by atoms with E-state index in [-0.39, 0.29) is 5.91 Å². The molecule has 18 heavy (non-hydrogen) atoms. The van der Waals surface area contributed by atoms with Crippen LogP contribution in [0.1, 0.15) is 53.4 Å². The van der Waals surface area contributed by atoms with Crippen molar-refractivity contribution in [2.24, 2.45) is 17.6 Å². The number of carbonyl (C=O) groups is 1. The number of nitrogens with two attached hydrogens (primary N) is 1. The molecule has 2 unspecified atom stereocenters. The van der Waals surface area contributed by atoms with E-state index in [1.54, 1.807) is 6.92 Å². The zero-order valence-electron chi connectivity index (χ0n) is 12.3. The standard InChI is InChI=1S/C14H30N2O2/c1-11(2)9-14(4,18)10-16-13(17)6-5-12(3)7-8-15/h11-12,18H,5-10,15H2,1-4H3,(H,16,17). The number of hydrogen-bond acceptors (Lipinski definition) is 3. The summed E-state index contributed by atoms with van der Waals surface area (Å²) in [6.07, 6.45) is 3.02. The molecular formula is C14H30N2O2. The van der Waals surface area contributed by atoms with E-state index in [4.69, 9.17) is 5.73 Å². The van der Waals surface area contributed by atoms with E-state index in [1.807, 2.05) is 0 Å². The van der Waals surface area contributed by atoms with Crippen LogP contribution in [0.25, 0.3) is 0 Å². The molecule has 0 bridgehead atoms. The number of nitrogens with one attached hydrogen (secondary N) is 1. The molecule has 0 aliphatic heterocycles. The molecule has 4 heteroatoms. The third-order valence-corrected chi connectivity index (χ3v) is 3.04. The zero-order chi connectivity index (χ0) is 14.2. The van der Waals surface area contributed by atoms with Gasteiger partial charge in [0.15, 0.2) is 0 Å². The Balaban J connectivity index is 3.82. The first-order valence-electron chi connectivity index (χ1n) is 6.96. The van der Waals surface area contributed by atoms with E-state index < -0.39 is 5.60 Å². The average Bonchev–Trinajstić information content (AvgIpc) is 2.22. The molecule has 0 aliphatic rings. The van der Waals surface area contributed by atoms with Crippen LogP contribution in [0.2, 0.25) is 0 Å². The molecule has 0 spiro atoms. The number of amides is 1. The van der Waals surface area contributed by atoms with Gasteiger partial charge in [0.25, 0.3) is 0 Å². The predicted octanol–water partition coefficient (Wildman–Crippen LogP) is 1.66. The highest BCUT2D eigenvalue weighted by Crippen LogP contribution is 2.15. The molecule has 0 aromatic rings. The molecule has 1 amide bonds. The van der Waals surface area contributed by atoms with E-state index in [0.717, 1.165) is 12.8 Å². The summed E-state index contributed by atoms with van der Waals surface area (Å²) in [6, 6.07) is 0. The molecule has 0 saturated carbocycles. The molecule has 4 N–H and O–H groups in total. The van der Waals surface area contributed by atoms with E-state index in [1.165, 1.54) is 0 Å². The molecule has 0 saturated heterocycles. The van der Waals surface area contributed by atoms with E-state index >= 15 is 0 Å². The van der Waals surface area contributed by atoms with Crippen molar-refractivity contribution in [2.75, 3.05) is 13.1 Å². The van der Waals surface area contributed by atoms with Crippen LogP contribution in [0.3, 0.4) is 0 Å². The summed E-state index contributed by atoms with van der Waals surface area (Å²) in [7, 11) is 0. The summed E-state index contributed by atoms with van der Waals surface area (Å²) >= 11 is 0. The number of carbonyl (C=O) groups excluding carboxylic acids is 1. The van der Waals surface area contributed by atoms with Gasteiger partial charge in [-0.3, -0.25) is 4.79 Å². The highest BCUT2D eigenvalue weighted by Gasteiger charge is 2.22. The van der Waals surface area contributed by atoms with Gasteiger partial charge in [0.1, 0.15) is 0 Å². The quantitative estimate of drug-likeness (QED) is 0.589. The van der Waals surface area contributed by atoms with Gasteiger partial charge in [-0.25, -0.2) is 0 Å². The summed E-state index contributed by atoms with van der Waals surface area (Å²) < 4.78 is 0.